The lowest BCUT2D eigenvalue weighted by atomic mass is 10.1. The lowest BCUT2D eigenvalue weighted by molar-refractivity contribution is -0.142. The molecule has 0 unspecified atom stereocenters. The van der Waals surface area contributed by atoms with Crippen LogP contribution in [0.5, 0.6) is 0 Å². The van der Waals surface area contributed by atoms with Crippen LogP contribution in [0.2, 0.25) is 0 Å². The van der Waals surface area contributed by atoms with Gasteiger partial charge in [-0.3, -0.25) is 4.79 Å². The first-order chi connectivity index (χ1) is 9.49. The Morgan fingerprint density at radius 1 is 1.35 bits per heavy atom. The van der Waals surface area contributed by atoms with E-state index in [4.69, 9.17) is 9.84 Å². The first-order valence-corrected chi connectivity index (χ1v) is 6.27. The van der Waals surface area contributed by atoms with Gasteiger partial charge in [0.05, 0.1) is 6.61 Å². The second-order valence-electron chi connectivity index (χ2n) is 4.60. The number of carboxylic acid groups (broad SMARTS) is 1. The molecule has 108 valence electrons. The summed E-state index contributed by atoms with van der Waals surface area (Å²) >= 11 is 0. The van der Waals surface area contributed by atoms with E-state index in [0.717, 1.165) is 5.56 Å². The molecular weight excluding hydrogens is 258 g/mol. The van der Waals surface area contributed by atoms with Gasteiger partial charge in [0.1, 0.15) is 12.6 Å². The smallest absolute Gasteiger partial charge is 0.326 e. The SMILES string of the molecule is C=C(C)C[C@H](NC(=O)COCc1ccccc1)C(=O)O. The summed E-state index contributed by atoms with van der Waals surface area (Å²) in [6.45, 7) is 5.50. The highest BCUT2D eigenvalue weighted by atomic mass is 16.5. The van der Waals surface area contributed by atoms with Crippen LogP contribution >= 0.6 is 0 Å². The number of carboxylic acids is 1. The molecule has 0 aliphatic heterocycles. The molecule has 2 N–H and O–H groups in total. The van der Waals surface area contributed by atoms with Crippen LogP contribution in [0, 0.1) is 0 Å². The third-order valence-corrected chi connectivity index (χ3v) is 2.53. The number of carbonyl (C=O) groups excluding carboxylic acids is 1. The van der Waals surface area contributed by atoms with E-state index in [1.54, 1.807) is 6.92 Å². The van der Waals surface area contributed by atoms with E-state index in [9.17, 15) is 9.59 Å². The Bertz CT molecular complexity index is 470. The van der Waals surface area contributed by atoms with Crippen molar-refractivity contribution in [1.82, 2.24) is 5.32 Å². The second-order valence-corrected chi connectivity index (χ2v) is 4.60. The Balaban J connectivity index is 2.35. The first-order valence-electron chi connectivity index (χ1n) is 6.27. The molecule has 1 atom stereocenters. The normalized spacial score (nSPS) is 11.7. The quantitative estimate of drug-likeness (QED) is 0.710. The van der Waals surface area contributed by atoms with Crippen LogP contribution in [-0.4, -0.2) is 29.6 Å². The Morgan fingerprint density at radius 3 is 2.55 bits per heavy atom. The van der Waals surface area contributed by atoms with Crippen molar-refractivity contribution < 1.29 is 19.4 Å². The number of hydrogen-bond acceptors (Lipinski definition) is 3. The zero-order valence-corrected chi connectivity index (χ0v) is 11.5. The maximum atomic E-state index is 11.6. The van der Waals surface area contributed by atoms with Gasteiger partial charge >= 0.3 is 5.97 Å². The number of carbonyl (C=O) groups is 2. The van der Waals surface area contributed by atoms with Gasteiger partial charge in [-0.15, -0.1) is 6.58 Å². The molecule has 1 aromatic rings. The summed E-state index contributed by atoms with van der Waals surface area (Å²) in [7, 11) is 0. The minimum atomic E-state index is -1.08. The summed E-state index contributed by atoms with van der Waals surface area (Å²) < 4.78 is 5.24. The number of benzene rings is 1. The second kappa shape index (κ2) is 8.12. The average molecular weight is 277 g/mol. The summed E-state index contributed by atoms with van der Waals surface area (Å²) in [6, 6.07) is 8.47. The Kier molecular flexibility index (Phi) is 6.46. The van der Waals surface area contributed by atoms with Crippen molar-refractivity contribution >= 4 is 11.9 Å². The Morgan fingerprint density at radius 2 is 2.00 bits per heavy atom. The molecule has 0 aromatic heterocycles. The summed E-state index contributed by atoms with van der Waals surface area (Å²) in [5, 5.41) is 11.4. The van der Waals surface area contributed by atoms with E-state index in [-0.39, 0.29) is 13.0 Å². The summed E-state index contributed by atoms with van der Waals surface area (Å²) in [5.74, 6) is -1.53. The molecule has 0 saturated carbocycles. The minimum absolute atomic E-state index is 0.172. The third-order valence-electron chi connectivity index (χ3n) is 2.53. The van der Waals surface area contributed by atoms with E-state index in [1.807, 2.05) is 30.3 Å². The van der Waals surface area contributed by atoms with Gasteiger partial charge in [0.2, 0.25) is 5.91 Å². The number of hydrogen-bond donors (Lipinski definition) is 2. The molecule has 0 fully saturated rings. The maximum absolute atomic E-state index is 11.6. The van der Waals surface area contributed by atoms with Crippen LogP contribution in [-0.2, 0) is 20.9 Å². The zero-order chi connectivity index (χ0) is 15.0. The summed E-state index contributed by atoms with van der Waals surface area (Å²) in [6.07, 6.45) is 0.208. The highest BCUT2D eigenvalue weighted by molar-refractivity contribution is 5.84. The van der Waals surface area contributed by atoms with Gasteiger partial charge < -0.3 is 15.2 Å². The molecule has 0 heterocycles. The molecule has 0 aliphatic rings. The topological polar surface area (TPSA) is 75.6 Å². The fraction of sp³-hybridized carbons (Fsp3) is 0.333. The van der Waals surface area contributed by atoms with E-state index < -0.39 is 17.9 Å². The molecule has 1 aromatic carbocycles. The molecule has 0 bridgehead atoms. The van der Waals surface area contributed by atoms with Crippen LogP contribution in [0.15, 0.2) is 42.5 Å². The van der Waals surface area contributed by atoms with Crippen molar-refractivity contribution in [2.75, 3.05) is 6.61 Å². The lowest BCUT2D eigenvalue weighted by Gasteiger charge is -2.14. The van der Waals surface area contributed by atoms with Crippen molar-refractivity contribution in [1.29, 1.82) is 0 Å². The molecule has 5 nitrogen and oxygen atoms in total. The van der Waals surface area contributed by atoms with Crippen LogP contribution in [0.1, 0.15) is 18.9 Å². The van der Waals surface area contributed by atoms with Gasteiger partial charge in [-0.05, 0) is 18.9 Å². The fourth-order valence-corrected chi connectivity index (χ4v) is 1.62. The van der Waals surface area contributed by atoms with E-state index in [2.05, 4.69) is 11.9 Å². The maximum Gasteiger partial charge on any atom is 0.326 e. The molecule has 1 amide bonds. The molecule has 0 radical (unpaired) electrons. The highest BCUT2D eigenvalue weighted by Gasteiger charge is 2.19. The minimum Gasteiger partial charge on any atom is -0.480 e. The molecule has 5 heteroatoms. The number of ether oxygens (including phenoxy) is 1. The largest absolute Gasteiger partial charge is 0.480 e. The number of aliphatic carboxylic acids is 1. The summed E-state index contributed by atoms with van der Waals surface area (Å²) in [5.41, 5.74) is 1.65. The molecule has 0 saturated heterocycles. The van der Waals surface area contributed by atoms with Crippen molar-refractivity contribution in [3.05, 3.63) is 48.0 Å². The predicted octanol–water partition coefficient (Wildman–Crippen LogP) is 1.74. The fourth-order valence-electron chi connectivity index (χ4n) is 1.62. The molecule has 0 aliphatic carbocycles. The number of nitrogens with one attached hydrogen (secondary N) is 1. The average Bonchev–Trinajstić information content (AvgIpc) is 2.38. The highest BCUT2D eigenvalue weighted by Crippen LogP contribution is 2.03. The van der Waals surface area contributed by atoms with Crippen molar-refractivity contribution in [3.8, 4) is 0 Å². The van der Waals surface area contributed by atoms with Crippen molar-refractivity contribution in [2.45, 2.75) is 26.0 Å². The van der Waals surface area contributed by atoms with Gasteiger partial charge in [0, 0.05) is 0 Å². The molecular formula is C15H19NO4. The lowest BCUT2D eigenvalue weighted by Crippen LogP contribution is -2.42. The zero-order valence-electron chi connectivity index (χ0n) is 11.5. The molecule has 0 spiro atoms. The van der Waals surface area contributed by atoms with E-state index in [1.165, 1.54) is 0 Å². The summed E-state index contributed by atoms with van der Waals surface area (Å²) in [4.78, 5) is 22.6. The van der Waals surface area contributed by atoms with Gasteiger partial charge in [0.25, 0.3) is 0 Å². The van der Waals surface area contributed by atoms with Gasteiger partial charge in [-0.1, -0.05) is 35.9 Å². The van der Waals surface area contributed by atoms with Crippen molar-refractivity contribution in [2.24, 2.45) is 0 Å². The van der Waals surface area contributed by atoms with Gasteiger partial charge in [-0.2, -0.15) is 0 Å². The molecule has 20 heavy (non-hydrogen) atoms. The van der Waals surface area contributed by atoms with Crippen LogP contribution < -0.4 is 5.32 Å². The van der Waals surface area contributed by atoms with Gasteiger partial charge in [-0.25, -0.2) is 4.79 Å². The van der Waals surface area contributed by atoms with E-state index in [0.29, 0.717) is 12.2 Å². The standard InChI is InChI=1S/C15H19NO4/c1-11(2)8-13(15(18)19)16-14(17)10-20-9-12-6-4-3-5-7-12/h3-7,13H,1,8-10H2,2H3,(H,16,17)(H,18,19)/t13-/m0/s1. The van der Waals surface area contributed by atoms with Crippen molar-refractivity contribution in [3.63, 3.8) is 0 Å². The number of rotatable bonds is 8. The third kappa shape index (κ3) is 6.15. The van der Waals surface area contributed by atoms with Gasteiger partial charge in [0.15, 0.2) is 0 Å². The van der Waals surface area contributed by atoms with Crippen LogP contribution in [0.3, 0.4) is 0 Å². The predicted molar refractivity (Wildman–Crippen MR) is 75.1 cm³/mol. The molecule has 1 rings (SSSR count). The van der Waals surface area contributed by atoms with Crippen LogP contribution in [0.25, 0.3) is 0 Å². The number of amides is 1. The van der Waals surface area contributed by atoms with E-state index >= 15 is 0 Å². The Labute approximate surface area is 118 Å². The monoisotopic (exact) mass is 277 g/mol. The Hall–Kier alpha value is -2.14. The van der Waals surface area contributed by atoms with Crippen LogP contribution in [0.4, 0.5) is 0 Å². The first kappa shape index (κ1) is 15.9.